The monoisotopic (exact) mass is 307 g/mol. The van der Waals surface area contributed by atoms with Gasteiger partial charge in [0.2, 0.25) is 0 Å². The first-order valence-corrected chi connectivity index (χ1v) is 7.69. The molecule has 112 valence electrons. The summed E-state index contributed by atoms with van der Waals surface area (Å²) in [6, 6.07) is 11.0. The molecule has 1 aromatic carbocycles. The Morgan fingerprint density at radius 2 is 1.62 bits per heavy atom. The summed E-state index contributed by atoms with van der Waals surface area (Å²) in [5, 5.41) is 10.9. The van der Waals surface area contributed by atoms with Gasteiger partial charge in [0.1, 0.15) is 0 Å². The van der Waals surface area contributed by atoms with Crippen molar-refractivity contribution in [3.05, 3.63) is 42.0 Å². The fraction of sp³-hybridized carbons (Fsp3) is 0.231. The van der Waals surface area contributed by atoms with Crippen LogP contribution in [-0.4, -0.2) is 37.0 Å². The molecular weight excluding hydrogens is 290 g/mol. The third-order valence-corrected chi connectivity index (χ3v) is 4.22. The highest BCUT2D eigenvalue weighted by Crippen LogP contribution is 2.18. The van der Waals surface area contributed by atoms with Gasteiger partial charge in [-0.3, -0.25) is 4.72 Å². The number of rotatable bonds is 5. The Kier molecular flexibility index (Phi) is 4.39. The molecule has 1 heterocycles. The second-order valence-corrected chi connectivity index (χ2v) is 6.52. The van der Waals surface area contributed by atoms with E-state index >= 15 is 0 Å². The van der Waals surface area contributed by atoms with Crippen LogP contribution >= 0.6 is 0 Å². The highest BCUT2D eigenvalue weighted by molar-refractivity contribution is 7.90. The number of anilines is 3. The van der Waals surface area contributed by atoms with Gasteiger partial charge in [-0.15, -0.1) is 10.2 Å². The van der Waals surface area contributed by atoms with Crippen molar-refractivity contribution in [3.8, 4) is 0 Å². The predicted octanol–water partition coefficient (Wildman–Crippen LogP) is 1.75. The molecule has 0 aliphatic heterocycles. The van der Waals surface area contributed by atoms with E-state index in [1.807, 2.05) is 31.2 Å². The number of hydrogen-bond acceptors (Lipinski definition) is 5. The van der Waals surface area contributed by atoms with Crippen molar-refractivity contribution in [1.29, 1.82) is 0 Å². The number of benzene rings is 1. The van der Waals surface area contributed by atoms with Gasteiger partial charge in [-0.05, 0) is 30.7 Å². The molecule has 0 saturated heterocycles. The van der Waals surface area contributed by atoms with E-state index in [4.69, 9.17) is 0 Å². The zero-order valence-corrected chi connectivity index (χ0v) is 12.8. The minimum atomic E-state index is -3.57. The van der Waals surface area contributed by atoms with E-state index in [2.05, 4.69) is 20.2 Å². The molecular formula is C13H17N5O2S. The molecule has 2 rings (SSSR count). The van der Waals surface area contributed by atoms with Crippen LogP contribution in [0.1, 0.15) is 5.56 Å². The summed E-state index contributed by atoms with van der Waals surface area (Å²) in [7, 11) is -0.700. The number of nitrogens with zero attached hydrogens (tertiary/aromatic N) is 3. The molecule has 0 fully saturated rings. The van der Waals surface area contributed by atoms with Crippen LogP contribution in [-0.2, 0) is 10.2 Å². The second-order valence-electron chi connectivity index (χ2n) is 4.63. The van der Waals surface area contributed by atoms with E-state index in [0.29, 0.717) is 5.82 Å². The predicted molar refractivity (Wildman–Crippen MR) is 82.7 cm³/mol. The summed E-state index contributed by atoms with van der Waals surface area (Å²) in [5.41, 5.74) is 2.00. The summed E-state index contributed by atoms with van der Waals surface area (Å²) >= 11 is 0. The lowest BCUT2D eigenvalue weighted by Gasteiger charge is -2.12. The van der Waals surface area contributed by atoms with Gasteiger partial charge < -0.3 is 5.32 Å². The quantitative estimate of drug-likeness (QED) is 0.878. The van der Waals surface area contributed by atoms with E-state index in [1.54, 1.807) is 12.1 Å². The van der Waals surface area contributed by atoms with Crippen molar-refractivity contribution >= 4 is 27.5 Å². The summed E-state index contributed by atoms with van der Waals surface area (Å²) in [6.07, 6.45) is 0. The lowest BCUT2D eigenvalue weighted by Crippen LogP contribution is -2.29. The maximum absolute atomic E-state index is 11.7. The van der Waals surface area contributed by atoms with E-state index in [1.165, 1.54) is 14.1 Å². The Morgan fingerprint density at radius 1 is 1.00 bits per heavy atom. The van der Waals surface area contributed by atoms with Crippen LogP contribution in [0.5, 0.6) is 0 Å². The average Bonchev–Trinajstić information content (AvgIpc) is 2.43. The minimum absolute atomic E-state index is 0.166. The molecule has 2 N–H and O–H groups in total. The van der Waals surface area contributed by atoms with Gasteiger partial charge in [-0.25, -0.2) is 0 Å². The molecule has 0 spiro atoms. The molecule has 1 aromatic heterocycles. The van der Waals surface area contributed by atoms with Gasteiger partial charge in [0.25, 0.3) is 0 Å². The van der Waals surface area contributed by atoms with E-state index in [0.717, 1.165) is 15.6 Å². The molecule has 0 saturated carbocycles. The molecule has 0 aliphatic rings. The number of para-hydroxylation sites is 1. The lowest BCUT2D eigenvalue weighted by molar-refractivity contribution is 0.526. The first-order valence-electron chi connectivity index (χ1n) is 6.25. The average molecular weight is 307 g/mol. The standard InChI is InChI=1S/C13H17N5O2S/c1-10-6-4-5-7-11(10)14-12-8-9-13(16-15-12)17-21(19,20)18(2)3/h4-9H,1-3H3,(H,14,15)(H,16,17). The highest BCUT2D eigenvalue weighted by atomic mass is 32.2. The van der Waals surface area contributed by atoms with Crippen molar-refractivity contribution in [3.63, 3.8) is 0 Å². The third-order valence-electron chi connectivity index (χ3n) is 2.79. The normalized spacial score (nSPS) is 11.4. The summed E-state index contributed by atoms with van der Waals surface area (Å²) in [6.45, 7) is 1.98. The van der Waals surface area contributed by atoms with Crippen LogP contribution in [0.3, 0.4) is 0 Å². The summed E-state index contributed by atoms with van der Waals surface area (Å²) in [5.74, 6) is 0.705. The highest BCUT2D eigenvalue weighted by Gasteiger charge is 2.13. The summed E-state index contributed by atoms with van der Waals surface area (Å²) < 4.78 is 26.7. The van der Waals surface area contributed by atoms with Gasteiger partial charge in [0.15, 0.2) is 11.6 Å². The van der Waals surface area contributed by atoms with Gasteiger partial charge in [0, 0.05) is 19.8 Å². The van der Waals surface area contributed by atoms with Gasteiger partial charge in [0.05, 0.1) is 0 Å². The molecule has 0 bridgehead atoms. The number of aromatic nitrogens is 2. The van der Waals surface area contributed by atoms with Crippen LogP contribution in [0.2, 0.25) is 0 Å². The molecule has 8 heteroatoms. The molecule has 0 atom stereocenters. The first-order chi connectivity index (χ1) is 9.88. The number of hydrogen-bond donors (Lipinski definition) is 2. The topological polar surface area (TPSA) is 87.2 Å². The van der Waals surface area contributed by atoms with Gasteiger partial charge in [-0.2, -0.15) is 12.7 Å². The van der Waals surface area contributed by atoms with E-state index < -0.39 is 10.2 Å². The van der Waals surface area contributed by atoms with E-state index in [-0.39, 0.29) is 5.82 Å². The van der Waals surface area contributed by atoms with Gasteiger partial charge >= 0.3 is 10.2 Å². The SMILES string of the molecule is Cc1ccccc1Nc1ccc(NS(=O)(=O)N(C)C)nn1. The van der Waals surface area contributed by atoms with E-state index in [9.17, 15) is 8.42 Å². The van der Waals surface area contributed by atoms with Crippen molar-refractivity contribution in [2.75, 3.05) is 24.1 Å². The molecule has 0 unspecified atom stereocenters. The Balaban J connectivity index is 2.11. The smallest absolute Gasteiger partial charge is 0.302 e. The van der Waals surface area contributed by atoms with Crippen molar-refractivity contribution < 1.29 is 8.42 Å². The maximum Gasteiger partial charge on any atom is 0.302 e. The van der Waals surface area contributed by atoms with Crippen molar-refractivity contribution in [2.45, 2.75) is 6.92 Å². The maximum atomic E-state index is 11.7. The fourth-order valence-corrected chi connectivity index (χ4v) is 2.08. The molecule has 0 aliphatic carbocycles. The van der Waals surface area contributed by atoms with Crippen LogP contribution in [0.15, 0.2) is 36.4 Å². The van der Waals surface area contributed by atoms with Crippen LogP contribution in [0.25, 0.3) is 0 Å². The molecule has 7 nitrogen and oxygen atoms in total. The third kappa shape index (κ3) is 3.89. The summed E-state index contributed by atoms with van der Waals surface area (Å²) in [4.78, 5) is 0. The fourth-order valence-electron chi connectivity index (χ4n) is 1.53. The zero-order chi connectivity index (χ0) is 15.5. The Labute approximate surface area is 124 Å². The molecule has 21 heavy (non-hydrogen) atoms. The Morgan fingerprint density at radius 3 is 2.19 bits per heavy atom. The lowest BCUT2D eigenvalue weighted by atomic mass is 10.2. The molecule has 0 radical (unpaired) electrons. The second kappa shape index (κ2) is 6.06. The van der Waals surface area contributed by atoms with Crippen LogP contribution in [0.4, 0.5) is 17.3 Å². The Hall–Kier alpha value is -2.19. The van der Waals surface area contributed by atoms with Crippen molar-refractivity contribution in [2.24, 2.45) is 0 Å². The van der Waals surface area contributed by atoms with Crippen molar-refractivity contribution in [1.82, 2.24) is 14.5 Å². The van der Waals surface area contributed by atoms with Crippen LogP contribution in [0, 0.1) is 6.92 Å². The molecule has 2 aromatic rings. The van der Waals surface area contributed by atoms with Crippen LogP contribution < -0.4 is 10.0 Å². The Bertz CT molecular complexity index is 714. The van der Waals surface area contributed by atoms with Gasteiger partial charge in [-0.1, -0.05) is 18.2 Å². The largest absolute Gasteiger partial charge is 0.339 e. The number of aryl methyl sites for hydroxylation is 1. The minimum Gasteiger partial charge on any atom is -0.339 e. The zero-order valence-electron chi connectivity index (χ0n) is 12.0. The molecule has 0 amide bonds. The number of nitrogens with one attached hydrogen (secondary N) is 2. The first kappa shape index (κ1) is 15.2.